The third-order valence-electron chi connectivity index (χ3n) is 9.46. The number of halogens is 2. The number of ketones is 1. The third kappa shape index (κ3) is 2.76. The second-order valence-electron chi connectivity index (χ2n) is 10.9. The summed E-state index contributed by atoms with van der Waals surface area (Å²) >= 11 is 0. The maximum Gasteiger partial charge on any atom is 0.375 e. The number of aliphatic carboxylic acids is 1. The van der Waals surface area contributed by atoms with Crippen molar-refractivity contribution in [2.75, 3.05) is 0 Å². The Kier molecular flexibility index (Phi) is 5.02. The van der Waals surface area contributed by atoms with E-state index in [-0.39, 0.29) is 30.6 Å². The van der Waals surface area contributed by atoms with Crippen molar-refractivity contribution < 1.29 is 42.5 Å². The Bertz CT molecular complexity index is 1160. The van der Waals surface area contributed by atoms with E-state index in [0.717, 1.165) is 6.08 Å². The first-order valence-electron chi connectivity index (χ1n) is 11.8. The average molecular weight is 490 g/mol. The molecule has 4 aliphatic rings. The van der Waals surface area contributed by atoms with E-state index in [4.69, 9.17) is 9.15 Å². The fraction of sp³-hybridized carbons (Fsp3) is 0.577. The van der Waals surface area contributed by atoms with Gasteiger partial charge in [-0.05, 0) is 62.0 Å². The number of aliphatic hydroxyl groups is 1. The summed E-state index contributed by atoms with van der Waals surface area (Å²) in [5, 5.41) is 21.8. The summed E-state index contributed by atoms with van der Waals surface area (Å²) in [5.74, 6) is -5.55. The first-order chi connectivity index (χ1) is 16.3. The van der Waals surface area contributed by atoms with Crippen LogP contribution in [-0.4, -0.2) is 51.5 Å². The number of hydrogen-bond donors (Lipinski definition) is 2. The number of carbonyl (C=O) groups is 3. The molecule has 4 aliphatic carbocycles. The van der Waals surface area contributed by atoms with Crippen LogP contribution in [-0.2, 0) is 14.3 Å². The number of carboxylic acid groups (broad SMARTS) is 1. The largest absolute Gasteiger partial charge is 0.478 e. The normalized spacial score (nSPS) is 46.3. The molecule has 9 heteroatoms. The number of esters is 1. The van der Waals surface area contributed by atoms with Gasteiger partial charge in [-0.1, -0.05) is 19.9 Å². The van der Waals surface area contributed by atoms with Crippen molar-refractivity contribution in [3.8, 4) is 0 Å². The predicted octanol–water partition coefficient (Wildman–Crippen LogP) is 3.82. The van der Waals surface area contributed by atoms with E-state index in [1.165, 1.54) is 37.5 Å². The minimum atomic E-state index is -2.35. The monoisotopic (exact) mass is 490 g/mol. The van der Waals surface area contributed by atoms with Gasteiger partial charge in [-0.15, -0.1) is 0 Å². The number of fused-ring (bicyclic) bond motifs is 5. The molecule has 0 amide bonds. The Morgan fingerprint density at radius 1 is 1.23 bits per heavy atom. The Hall–Kier alpha value is -2.81. The Morgan fingerprint density at radius 2 is 1.94 bits per heavy atom. The number of hydrogen-bond acceptors (Lipinski definition) is 6. The molecule has 35 heavy (non-hydrogen) atoms. The predicted molar refractivity (Wildman–Crippen MR) is 118 cm³/mol. The van der Waals surface area contributed by atoms with Crippen LogP contribution in [0.1, 0.15) is 50.6 Å². The summed E-state index contributed by atoms with van der Waals surface area (Å²) in [5.41, 5.74) is -7.42. The summed E-state index contributed by atoms with van der Waals surface area (Å²) < 4.78 is 43.5. The molecule has 1 heterocycles. The fourth-order valence-electron chi connectivity index (χ4n) is 7.83. The van der Waals surface area contributed by atoms with Gasteiger partial charge in [0.15, 0.2) is 11.5 Å². The lowest BCUT2D eigenvalue weighted by Crippen LogP contribution is -2.71. The van der Waals surface area contributed by atoms with Crippen molar-refractivity contribution in [2.24, 2.45) is 28.6 Å². The van der Waals surface area contributed by atoms with Gasteiger partial charge in [0, 0.05) is 22.7 Å². The summed E-state index contributed by atoms with van der Waals surface area (Å²) in [6, 6.07) is 2.81. The van der Waals surface area contributed by atoms with Crippen LogP contribution in [0.5, 0.6) is 0 Å². The molecule has 0 saturated heterocycles. The molecule has 2 N–H and O–H groups in total. The lowest BCUT2D eigenvalue weighted by atomic mass is 9.44. The zero-order valence-electron chi connectivity index (χ0n) is 19.7. The number of aliphatic hydroxyl groups excluding tert-OH is 1. The molecular formula is C26H28F2O7. The number of alkyl halides is 2. The highest BCUT2D eigenvalue weighted by atomic mass is 19.1. The van der Waals surface area contributed by atoms with Crippen molar-refractivity contribution in [1.29, 1.82) is 0 Å². The number of ether oxygens (including phenoxy) is 1. The van der Waals surface area contributed by atoms with Gasteiger partial charge in [0.25, 0.3) is 0 Å². The molecule has 0 bridgehead atoms. The highest BCUT2D eigenvalue weighted by Gasteiger charge is 2.78. The molecule has 0 radical (unpaired) electrons. The van der Waals surface area contributed by atoms with E-state index in [1.54, 1.807) is 13.8 Å². The minimum absolute atomic E-state index is 0.00815. The van der Waals surface area contributed by atoms with Crippen LogP contribution in [0.3, 0.4) is 0 Å². The van der Waals surface area contributed by atoms with E-state index in [9.17, 15) is 24.6 Å². The maximum absolute atomic E-state index is 17.2. The summed E-state index contributed by atoms with van der Waals surface area (Å²) in [7, 11) is 0. The van der Waals surface area contributed by atoms with Gasteiger partial charge in [-0.3, -0.25) is 4.79 Å². The first kappa shape index (κ1) is 23.9. The zero-order chi connectivity index (χ0) is 25.6. The van der Waals surface area contributed by atoms with Crippen LogP contribution in [0.15, 0.2) is 46.6 Å². The van der Waals surface area contributed by atoms with Crippen molar-refractivity contribution in [3.63, 3.8) is 0 Å². The quantitative estimate of drug-likeness (QED) is 0.619. The standard InChI is InChI=1S/C26H28F2O7/c1-13-9-15-16-11-18(27)17-10-14(29)6-7-23(17,2)25(16,28)20(30)12-24(15,3)26(13,22(32)33)35-21(31)19-5-4-8-34-19/h4-8,10,13,15-16,18,20,30H,9,11-12H2,1-3H3,(H,32,33)/t13-,15?,16?,18+,20?,23+,24+,25+,26+/m1/s1. The van der Waals surface area contributed by atoms with Gasteiger partial charge in [-0.25, -0.2) is 18.4 Å². The molecular weight excluding hydrogens is 462 g/mol. The molecule has 7 nitrogen and oxygen atoms in total. The molecule has 0 aromatic carbocycles. The van der Waals surface area contributed by atoms with E-state index >= 15 is 8.78 Å². The van der Waals surface area contributed by atoms with Crippen molar-refractivity contribution in [2.45, 2.75) is 63.6 Å². The summed E-state index contributed by atoms with van der Waals surface area (Å²) in [6.07, 6.45) is 1.05. The van der Waals surface area contributed by atoms with E-state index in [1.807, 2.05) is 0 Å². The maximum atomic E-state index is 17.2. The van der Waals surface area contributed by atoms with Crippen LogP contribution in [0.25, 0.3) is 0 Å². The lowest BCUT2D eigenvalue weighted by molar-refractivity contribution is -0.229. The van der Waals surface area contributed by atoms with Crippen LogP contribution in [0.4, 0.5) is 8.78 Å². The second kappa shape index (κ2) is 7.35. The van der Waals surface area contributed by atoms with Crippen LogP contribution in [0.2, 0.25) is 0 Å². The Balaban J connectivity index is 1.62. The molecule has 1 aromatic heterocycles. The number of rotatable bonds is 3. The molecule has 3 unspecified atom stereocenters. The molecule has 188 valence electrons. The van der Waals surface area contributed by atoms with E-state index < -0.39 is 69.9 Å². The summed E-state index contributed by atoms with van der Waals surface area (Å²) in [4.78, 5) is 37.6. The highest BCUT2D eigenvalue weighted by Crippen LogP contribution is 2.71. The van der Waals surface area contributed by atoms with Gasteiger partial charge in [0.1, 0.15) is 6.17 Å². The topological polar surface area (TPSA) is 114 Å². The van der Waals surface area contributed by atoms with Crippen LogP contribution >= 0.6 is 0 Å². The van der Waals surface area contributed by atoms with Crippen LogP contribution in [0, 0.1) is 28.6 Å². The molecule has 3 fully saturated rings. The van der Waals surface area contributed by atoms with Gasteiger partial charge < -0.3 is 19.4 Å². The third-order valence-corrected chi connectivity index (χ3v) is 9.46. The summed E-state index contributed by atoms with van der Waals surface area (Å²) in [6.45, 7) is 4.67. The van der Waals surface area contributed by atoms with Crippen molar-refractivity contribution in [3.05, 3.63) is 48.0 Å². The van der Waals surface area contributed by atoms with Crippen LogP contribution < -0.4 is 0 Å². The number of allylic oxidation sites excluding steroid dienone is 4. The smallest absolute Gasteiger partial charge is 0.375 e. The number of furan rings is 1. The van der Waals surface area contributed by atoms with Gasteiger partial charge in [-0.2, -0.15) is 0 Å². The molecule has 0 spiro atoms. The fourth-order valence-corrected chi connectivity index (χ4v) is 7.83. The van der Waals surface area contributed by atoms with Gasteiger partial charge in [0.05, 0.1) is 12.4 Å². The zero-order valence-corrected chi connectivity index (χ0v) is 19.7. The Labute approximate surface area is 200 Å². The average Bonchev–Trinajstić information content (AvgIpc) is 3.39. The minimum Gasteiger partial charge on any atom is -0.478 e. The molecule has 1 aromatic rings. The molecule has 9 atom stereocenters. The number of carboxylic acids is 1. The second-order valence-corrected chi connectivity index (χ2v) is 10.9. The van der Waals surface area contributed by atoms with E-state index in [2.05, 4.69) is 0 Å². The highest BCUT2D eigenvalue weighted by molar-refractivity contribution is 6.01. The van der Waals surface area contributed by atoms with Crippen molar-refractivity contribution in [1.82, 2.24) is 0 Å². The van der Waals surface area contributed by atoms with Crippen molar-refractivity contribution >= 4 is 17.7 Å². The van der Waals surface area contributed by atoms with E-state index in [0.29, 0.717) is 0 Å². The SMILES string of the molecule is C[C@@H]1CC2C3C[C@H](F)C4=CC(=O)C=C[C@]4(C)[C@@]3(F)C(O)C[C@]2(C)[C@@]1(OC(=O)c1ccco1)C(=O)O. The first-order valence-corrected chi connectivity index (χ1v) is 11.8. The lowest BCUT2D eigenvalue weighted by Gasteiger charge is -2.62. The molecule has 3 saturated carbocycles. The Morgan fingerprint density at radius 3 is 2.57 bits per heavy atom. The van der Waals surface area contributed by atoms with Gasteiger partial charge in [0.2, 0.25) is 11.4 Å². The molecule has 0 aliphatic heterocycles. The molecule has 5 rings (SSSR count). The number of carbonyl (C=O) groups excluding carboxylic acids is 2. The van der Waals surface area contributed by atoms with Gasteiger partial charge >= 0.3 is 11.9 Å².